The third-order valence-electron chi connectivity index (χ3n) is 6.57. The molecule has 0 bridgehead atoms. The number of carbonyl (C=O) groups excluding carboxylic acids is 1. The van der Waals surface area contributed by atoms with Crippen molar-refractivity contribution in [3.05, 3.63) is 53.9 Å². The van der Waals surface area contributed by atoms with Gasteiger partial charge in [-0.25, -0.2) is 0 Å². The number of benzene rings is 1. The van der Waals surface area contributed by atoms with Crippen molar-refractivity contribution in [2.75, 3.05) is 49.1 Å². The second kappa shape index (κ2) is 8.94. The number of hydrogen-bond acceptors (Lipinski definition) is 6. The Kier molecular flexibility index (Phi) is 5.87. The van der Waals surface area contributed by atoms with E-state index in [2.05, 4.69) is 56.9 Å². The van der Waals surface area contributed by atoms with Gasteiger partial charge in [0.15, 0.2) is 0 Å². The lowest BCUT2D eigenvalue weighted by atomic mass is 9.96. The molecular weight excluding hydrogens is 420 g/mol. The van der Waals surface area contributed by atoms with E-state index in [1.807, 2.05) is 29.1 Å². The van der Waals surface area contributed by atoms with Crippen molar-refractivity contribution in [3.63, 3.8) is 0 Å². The van der Waals surface area contributed by atoms with Gasteiger partial charge in [-0.3, -0.25) is 9.36 Å². The molecule has 2 aliphatic rings. The monoisotopic (exact) mass is 450 g/mol. The molecule has 0 radical (unpaired) electrons. The maximum Gasteiger partial charge on any atom is 0.227 e. The van der Waals surface area contributed by atoms with E-state index in [0.29, 0.717) is 5.91 Å². The summed E-state index contributed by atoms with van der Waals surface area (Å²) in [5, 5.41) is 10.5. The van der Waals surface area contributed by atoms with E-state index in [-0.39, 0.29) is 5.92 Å². The van der Waals surface area contributed by atoms with Crippen LogP contribution in [0.4, 0.5) is 10.8 Å². The number of anilines is 2. The minimum atomic E-state index is 0.0370. The first-order valence-corrected chi connectivity index (χ1v) is 12.2. The fourth-order valence-electron chi connectivity index (χ4n) is 4.74. The SMILES string of the molecule is Cc1ccc(C)c(N2CCN(C(=O)C3CCCN(c4nnc(-n5cccc5)s4)C3)CC2)c1. The number of amides is 1. The van der Waals surface area contributed by atoms with Gasteiger partial charge < -0.3 is 14.7 Å². The van der Waals surface area contributed by atoms with Crippen LogP contribution in [0.1, 0.15) is 24.0 Å². The molecule has 2 aromatic heterocycles. The highest BCUT2D eigenvalue weighted by Crippen LogP contribution is 2.29. The fraction of sp³-hybridized carbons (Fsp3) is 0.458. The summed E-state index contributed by atoms with van der Waals surface area (Å²) in [5.41, 5.74) is 3.88. The zero-order valence-electron chi connectivity index (χ0n) is 18.8. The summed E-state index contributed by atoms with van der Waals surface area (Å²) in [6, 6.07) is 10.6. The molecule has 1 unspecified atom stereocenters. The molecule has 1 aromatic carbocycles. The fourth-order valence-corrected chi connectivity index (χ4v) is 5.59. The number of aromatic nitrogens is 3. The van der Waals surface area contributed by atoms with Crippen LogP contribution in [0.15, 0.2) is 42.7 Å². The molecular formula is C24H30N6OS. The summed E-state index contributed by atoms with van der Waals surface area (Å²) >= 11 is 1.58. The summed E-state index contributed by atoms with van der Waals surface area (Å²) in [6.07, 6.45) is 5.92. The number of nitrogens with zero attached hydrogens (tertiary/aromatic N) is 6. The van der Waals surface area contributed by atoms with E-state index in [0.717, 1.165) is 62.4 Å². The van der Waals surface area contributed by atoms with Crippen molar-refractivity contribution < 1.29 is 4.79 Å². The van der Waals surface area contributed by atoms with E-state index < -0.39 is 0 Å². The highest BCUT2D eigenvalue weighted by atomic mass is 32.1. The van der Waals surface area contributed by atoms with Gasteiger partial charge >= 0.3 is 0 Å². The average Bonchev–Trinajstić information content (AvgIpc) is 3.53. The topological polar surface area (TPSA) is 57.5 Å². The molecule has 1 amide bonds. The molecule has 1 atom stereocenters. The van der Waals surface area contributed by atoms with Crippen molar-refractivity contribution in [1.82, 2.24) is 19.7 Å². The van der Waals surface area contributed by atoms with Crippen LogP contribution in [0.2, 0.25) is 0 Å². The first-order valence-electron chi connectivity index (χ1n) is 11.4. The predicted molar refractivity (Wildman–Crippen MR) is 129 cm³/mol. The normalized spacial score (nSPS) is 19.4. The van der Waals surface area contributed by atoms with E-state index in [9.17, 15) is 4.79 Å². The molecule has 2 aliphatic heterocycles. The largest absolute Gasteiger partial charge is 0.368 e. The Morgan fingerprint density at radius 2 is 1.72 bits per heavy atom. The molecule has 3 aromatic rings. The van der Waals surface area contributed by atoms with Crippen LogP contribution >= 0.6 is 11.3 Å². The number of rotatable bonds is 4. The highest BCUT2D eigenvalue weighted by molar-refractivity contribution is 7.17. The zero-order valence-corrected chi connectivity index (χ0v) is 19.6. The highest BCUT2D eigenvalue weighted by Gasteiger charge is 2.32. The first-order chi connectivity index (χ1) is 15.6. The van der Waals surface area contributed by atoms with Crippen LogP contribution in [0.25, 0.3) is 5.13 Å². The number of aryl methyl sites for hydroxylation is 2. The van der Waals surface area contributed by atoms with Crippen LogP contribution in [0, 0.1) is 19.8 Å². The number of piperidine rings is 1. The molecule has 8 heteroatoms. The zero-order chi connectivity index (χ0) is 22.1. The molecule has 0 aliphatic carbocycles. The van der Waals surface area contributed by atoms with Crippen LogP contribution < -0.4 is 9.80 Å². The molecule has 0 spiro atoms. The standard InChI is InChI=1S/C24H30N6OS/c1-18-7-8-19(2)21(16-18)27-12-14-28(15-13-27)22(31)20-6-5-11-30(17-20)24-26-25-23(32-24)29-9-3-4-10-29/h3-4,7-10,16,20H,5-6,11-15,17H2,1-2H3. The maximum absolute atomic E-state index is 13.3. The lowest BCUT2D eigenvalue weighted by Gasteiger charge is -2.40. The van der Waals surface area contributed by atoms with Gasteiger partial charge in [0.1, 0.15) is 0 Å². The Labute approximate surface area is 193 Å². The van der Waals surface area contributed by atoms with E-state index >= 15 is 0 Å². The molecule has 2 saturated heterocycles. The number of carbonyl (C=O) groups is 1. The number of hydrogen-bond donors (Lipinski definition) is 0. The Bertz CT molecular complexity index is 1070. The van der Waals surface area contributed by atoms with Gasteiger partial charge in [-0.05, 0) is 56.0 Å². The van der Waals surface area contributed by atoms with Crippen LogP contribution in [0.5, 0.6) is 0 Å². The quantitative estimate of drug-likeness (QED) is 0.609. The van der Waals surface area contributed by atoms with Crippen molar-refractivity contribution >= 4 is 28.1 Å². The van der Waals surface area contributed by atoms with Gasteiger partial charge in [-0.1, -0.05) is 23.5 Å². The first kappa shape index (κ1) is 21.0. The van der Waals surface area contributed by atoms with Crippen molar-refractivity contribution in [2.45, 2.75) is 26.7 Å². The van der Waals surface area contributed by atoms with Crippen LogP contribution in [0.3, 0.4) is 0 Å². The van der Waals surface area contributed by atoms with Crippen molar-refractivity contribution in [3.8, 4) is 5.13 Å². The van der Waals surface area contributed by atoms with E-state index in [1.54, 1.807) is 11.3 Å². The van der Waals surface area contributed by atoms with Crippen LogP contribution in [-0.4, -0.2) is 64.8 Å². The summed E-state index contributed by atoms with van der Waals surface area (Å²) in [6.45, 7) is 9.33. The van der Waals surface area contributed by atoms with Crippen molar-refractivity contribution in [2.24, 2.45) is 5.92 Å². The summed E-state index contributed by atoms with van der Waals surface area (Å²) in [4.78, 5) is 20.1. The minimum absolute atomic E-state index is 0.0370. The summed E-state index contributed by atoms with van der Waals surface area (Å²) in [5.74, 6) is 0.334. The van der Waals surface area contributed by atoms with Gasteiger partial charge in [0.25, 0.3) is 0 Å². The Morgan fingerprint density at radius 1 is 0.969 bits per heavy atom. The third-order valence-corrected chi connectivity index (χ3v) is 7.56. The second-order valence-electron chi connectivity index (χ2n) is 8.84. The third kappa shape index (κ3) is 4.24. The summed E-state index contributed by atoms with van der Waals surface area (Å²) < 4.78 is 1.98. The smallest absolute Gasteiger partial charge is 0.227 e. The van der Waals surface area contributed by atoms with E-state index in [1.165, 1.54) is 16.8 Å². The molecule has 2 fully saturated rings. The molecule has 0 saturated carbocycles. The van der Waals surface area contributed by atoms with Gasteiger partial charge in [0.05, 0.1) is 5.92 Å². The Balaban J connectivity index is 1.20. The van der Waals surface area contributed by atoms with Gasteiger partial charge in [0, 0.05) is 57.3 Å². The van der Waals surface area contributed by atoms with Gasteiger partial charge in [-0.2, -0.15) is 0 Å². The lowest BCUT2D eigenvalue weighted by Crippen LogP contribution is -2.52. The molecule has 32 heavy (non-hydrogen) atoms. The second-order valence-corrected chi connectivity index (χ2v) is 9.78. The minimum Gasteiger partial charge on any atom is -0.368 e. The Hall–Kier alpha value is -2.87. The molecule has 4 heterocycles. The molecule has 7 nitrogen and oxygen atoms in total. The lowest BCUT2D eigenvalue weighted by molar-refractivity contribution is -0.136. The van der Waals surface area contributed by atoms with E-state index in [4.69, 9.17) is 0 Å². The maximum atomic E-state index is 13.3. The molecule has 168 valence electrons. The number of piperazine rings is 1. The van der Waals surface area contributed by atoms with Crippen LogP contribution in [-0.2, 0) is 4.79 Å². The van der Waals surface area contributed by atoms with Crippen molar-refractivity contribution in [1.29, 1.82) is 0 Å². The van der Waals surface area contributed by atoms with Gasteiger partial charge in [0.2, 0.25) is 16.2 Å². The molecule has 0 N–H and O–H groups in total. The average molecular weight is 451 g/mol. The van der Waals surface area contributed by atoms with Gasteiger partial charge in [-0.15, -0.1) is 10.2 Å². The summed E-state index contributed by atoms with van der Waals surface area (Å²) in [7, 11) is 0. The molecule has 5 rings (SSSR count). The Morgan fingerprint density at radius 3 is 2.50 bits per heavy atom. The predicted octanol–water partition coefficient (Wildman–Crippen LogP) is 3.51.